The topological polar surface area (TPSA) is 17.1 Å². The molecule has 0 aromatic carbocycles. The van der Waals surface area contributed by atoms with Gasteiger partial charge in [0.05, 0.1) is 5.41 Å². The van der Waals surface area contributed by atoms with Crippen LogP contribution in [0, 0.1) is 5.41 Å². The first-order chi connectivity index (χ1) is 7.94. The van der Waals surface area contributed by atoms with Crippen molar-refractivity contribution in [2.75, 3.05) is 0 Å². The van der Waals surface area contributed by atoms with E-state index in [1.165, 1.54) is 20.8 Å². The summed E-state index contributed by atoms with van der Waals surface area (Å²) in [5, 5.41) is 0. The normalized spacial score (nSPS) is 6.47. The summed E-state index contributed by atoms with van der Waals surface area (Å²) in [4.78, 5) is 9.80. The van der Waals surface area contributed by atoms with E-state index in [4.69, 9.17) is 45.7 Å². The van der Waals surface area contributed by atoms with Crippen molar-refractivity contribution in [3.8, 4) is 0 Å². The van der Waals surface area contributed by atoms with Crippen molar-refractivity contribution in [2.45, 2.75) is 20.8 Å². The lowest BCUT2D eigenvalue weighted by Gasteiger charge is -2.07. The molecule has 0 saturated carbocycles. The molecule has 0 fully saturated rings. The summed E-state index contributed by atoms with van der Waals surface area (Å²) in [5.74, 6) is 0. The van der Waals surface area contributed by atoms with Crippen molar-refractivity contribution in [1.82, 2.24) is 0 Å². The van der Waals surface area contributed by atoms with Crippen molar-refractivity contribution in [1.29, 1.82) is 0 Å². The second-order valence-electron chi connectivity index (χ2n) is 2.52. The van der Waals surface area contributed by atoms with Crippen LogP contribution in [0.25, 0.3) is 0 Å². The van der Waals surface area contributed by atoms with Crippen molar-refractivity contribution in [2.24, 2.45) is 5.41 Å². The van der Waals surface area contributed by atoms with E-state index >= 15 is 0 Å². The summed E-state index contributed by atoms with van der Waals surface area (Å²) in [6.07, 6.45) is 0. The van der Waals surface area contributed by atoms with E-state index in [9.17, 15) is 9.18 Å². The van der Waals surface area contributed by atoms with Gasteiger partial charge in [-0.25, -0.2) is 0 Å². The second kappa shape index (κ2) is 46.1. The molecule has 0 aliphatic carbocycles. The maximum absolute atomic E-state index is 11.6. The molecule has 0 rings (SSSR count). The van der Waals surface area contributed by atoms with Gasteiger partial charge in [-0.15, -0.1) is 0 Å². The molecule has 17 heavy (non-hydrogen) atoms. The number of rotatable bonds is 0. The van der Waals surface area contributed by atoms with Crippen molar-refractivity contribution < 1.29 is 54.9 Å². The molecule has 12 heteroatoms. The Morgan fingerprint density at radius 2 is 0.706 bits per heavy atom. The highest BCUT2D eigenvalue weighted by Crippen LogP contribution is 2.13. The fourth-order valence-electron chi connectivity index (χ4n) is 0. The number of halogens is 11. The van der Waals surface area contributed by atoms with E-state index in [2.05, 4.69) is 0 Å². The first-order valence-electron chi connectivity index (χ1n) is 2.86. The highest BCUT2D eigenvalue weighted by Gasteiger charge is 2.19. The van der Waals surface area contributed by atoms with Crippen LogP contribution in [0.2, 0.25) is 0 Å². The Bertz CT molecular complexity index is 92.4. The number of carbonyl (C=O) groups is 1. The van der Waals surface area contributed by atoms with Crippen LogP contribution < -0.4 is 0 Å². The SMILES string of the molecule is CC(C)(C)C(=O)F.FF.FF.FF.FF.FF. The lowest BCUT2D eigenvalue weighted by Crippen LogP contribution is -2.14. The van der Waals surface area contributed by atoms with Crippen LogP contribution in [0.15, 0.2) is 0 Å². The highest BCUT2D eigenvalue weighted by molar-refractivity contribution is 5.73. The fraction of sp³-hybridized carbons (Fsp3) is 0.800. The molecule has 0 bridgehead atoms. The maximum atomic E-state index is 11.6. The lowest BCUT2D eigenvalue weighted by molar-refractivity contribution is -0.137. The quantitative estimate of drug-likeness (QED) is 0.412. The summed E-state index contributed by atoms with van der Waals surface area (Å²) in [6.45, 7) is 4.61. The maximum Gasteiger partial charge on any atom is 0.306 e. The van der Waals surface area contributed by atoms with Gasteiger partial charge in [0, 0.05) is 45.7 Å². The first-order valence-corrected chi connectivity index (χ1v) is 2.86. The summed E-state index contributed by atoms with van der Waals surface area (Å²) < 4.78 is 91.6. The lowest BCUT2D eigenvalue weighted by atomic mass is 9.99. The third-order valence-corrected chi connectivity index (χ3v) is 0.590. The van der Waals surface area contributed by atoms with E-state index in [1.54, 1.807) is 0 Å². The van der Waals surface area contributed by atoms with Gasteiger partial charge in [0.1, 0.15) is 0 Å². The molecule has 0 N–H and O–H groups in total. The van der Waals surface area contributed by atoms with Crippen molar-refractivity contribution in [3.63, 3.8) is 0 Å². The van der Waals surface area contributed by atoms with Gasteiger partial charge in [-0.1, -0.05) is 20.8 Å². The van der Waals surface area contributed by atoms with Crippen molar-refractivity contribution in [3.05, 3.63) is 0 Å². The average Bonchev–Trinajstić information content (AvgIpc) is 2.40. The van der Waals surface area contributed by atoms with E-state index < -0.39 is 11.5 Å². The molecule has 1 nitrogen and oxygen atoms in total. The molecule has 0 unspecified atom stereocenters. The fourth-order valence-corrected chi connectivity index (χ4v) is 0. The minimum absolute atomic E-state index is 0.806. The van der Waals surface area contributed by atoms with Crippen LogP contribution in [0.4, 0.5) is 50.1 Å². The van der Waals surface area contributed by atoms with Crippen molar-refractivity contribution >= 4 is 6.04 Å². The van der Waals surface area contributed by atoms with E-state index in [0.717, 1.165) is 0 Å². The Kier molecular flexibility index (Phi) is 97.7. The monoisotopic (exact) mass is 294 g/mol. The molecular formula is C5H9F11O. The molecule has 0 radical (unpaired) electrons. The first kappa shape index (κ1) is 36.0. The van der Waals surface area contributed by atoms with Crippen LogP contribution in [-0.4, -0.2) is 6.04 Å². The Balaban J connectivity index is -0.0000000257. The van der Waals surface area contributed by atoms with E-state index in [1.807, 2.05) is 0 Å². The molecule has 0 aromatic rings. The summed E-state index contributed by atoms with van der Waals surface area (Å²) in [7, 11) is 0. The number of hydrogen-bond donors (Lipinski definition) is 0. The molecule has 0 aliphatic rings. The average molecular weight is 294 g/mol. The Labute approximate surface area is 88.5 Å². The van der Waals surface area contributed by atoms with Crippen LogP contribution in [0.3, 0.4) is 0 Å². The van der Waals surface area contributed by atoms with E-state index in [-0.39, 0.29) is 0 Å². The predicted octanol–water partition coefficient (Wildman–Crippen LogP) is 5.73. The number of hydrogen-bond acceptors (Lipinski definition) is 1. The third kappa shape index (κ3) is 103. The Morgan fingerprint density at radius 1 is 0.647 bits per heavy atom. The zero-order chi connectivity index (χ0) is 16.1. The zero-order valence-electron chi connectivity index (χ0n) is 8.57. The highest BCUT2D eigenvalue weighted by atomic mass is 20.0. The van der Waals surface area contributed by atoms with Crippen LogP contribution in [0.1, 0.15) is 20.8 Å². The molecule has 0 heterocycles. The molecule has 0 spiro atoms. The standard InChI is InChI=1S/C5H9FO.5F2/c1-5(2,3)4(6)7;5*1-2/h1-3H3;;;;;. The molecule has 0 aliphatic heterocycles. The Morgan fingerprint density at radius 3 is 0.706 bits per heavy atom. The van der Waals surface area contributed by atoms with Gasteiger partial charge < -0.3 is 0 Å². The summed E-state index contributed by atoms with van der Waals surface area (Å²) >= 11 is 0. The summed E-state index contributed by atoms with van der Waals surface area (Å²) in [5.41, 5.74) is -0.806. The molecule has 0 aromatic heterocycles. The third-order valence-electron chi connectivity index (χ3n) is 0.590. The van der Waals surface area contributed by atoms with Gasteiger partial charge in [0.25, 0.3) is 0 Å². The molecular weight excluding hydrogens is 285 g/mol. The molecule has 112 valence electrons. The smallest absolute Gasteiger partial charge is 0.261 e. The van der Waals surface area contributed by atoms with Crippen LogP contribution in [-0.2, 0) is 4.79 Å². The Hall–Kier alpha value is -1.10. The van der Waals surface area contributed by atoms with Crippen LogP contribution in [0.5, 0.6) is 0 Å². The largest absolute Gasteiger partial charge is 0.306 e. The van der Waals surface area contributed by atoms with Gasteiger partial charge in [0.15, 0.2) is 0 Å². The van der Waals surface area contributed by atoms with E-state index in [0.29, 0.717) is 0 Å². The minimum Gasteiger partial charge on any atom is -0.261 e. The zero-order valence-corrected chi connectivity index (χ0v) is 8.57. The minimum atomic E-state index is -1.26. The predicted molar refractivity (Wildman–Crippen MR) is 36.7 cm³/mol. The summed E-state index contributed by atoms with van der Waals surface area (Å²) in [6, 6.07) is -1.26. The molecule has 0 amide bonds. The number of carbonyl (C=O) groups excluding carboxylic acids is 1. The molecule has 0 saturated heterocycles. The van der Waals surface area contributed by atoms with Gasteiger partial charge in [0.2, 0.25) is 0 Å². The van der Waals surface area contributed by atoms with Gasteiger partial charge in [-0.05, 0) is 0 Å². The molecule has 0 atom stereocenters. The van der Waals surface area contributed by atoms with Gasteiger partial charge >= 0.3 is 6.04 Å². The van der Waals surface area contributed by atoms with Crippen LogP contribution >= 0.6 is 0 Å². The van der Waals surface area contributed by atoms with Gasteiger partial charge in [-0.3, -0.25) is 4.79 Å². The second-order valence-corrected chi connectivity index (χ2v) is 2.52. The van der Waals surface area contributed by atoms with Gasteiger partial charge in [-0.2, -0.15) is 4.39 Å².